The molecule has 0 unspecified atom stereocenters. The molecule has 0 saturated carbocycles. The van der Waals surface area contributed by atoms with Crippen LogP contribution in [0.1, 0.15) is 143 Å². The van der Waals surface area contributed by atoms with Crippen molar-refractivity contribution in [3.05, 3.63) is 108 Å². The summed E-state index contributed by atoms with van der Waals surface area (Å²) >= 11 is 0. The van der Waals surface area contributed by atoms with Gasteiger partial charge < -0.3 is 71.5 Å². The van der Waals surface area contributed by atoms with Crippen LogP contribution in [0.2, 0.25) is 0 Å². The van der Waals surface area contributed by atoms with E-state index in [-0.39, 0.29) is 111 Å². The van der Waals surface area contributed by atoms with E-state index >= 15 is 0 Å². The molecule has 2 aliphatic heterocycles. The van der Waals surface area contributed by atoms with Gasteiger partial charge in [-0.05, 0) is 117 Å². The van der Waals surface area contributed by atoms with Gasteiger partial charge in [0.1, 0.15) is 30.8 Å². The standard InChI is InChI=1S/C78H116N12O16.C2HF3O2/c1-16-51(8)69(61(103-13)46-65(94)89-43-24-28-60(89)70(104-14)52(9)71(95)83-59(76(100)105-15)45-54-25-19-17-20-26-54)88(12)75(99)67(49(4)5)85-74(98)68(50(6)7)86(10)44-40-53-32-36-57(37-33-53)87(11)78(102)106-47-55-30-34-56(35-31-55)81-72(96)58(27-23-41-80-77(79)101)82-73(97)66(48(2)3)84-62(91)29-21-18-22-42-90-63(92)38-39-64(90)93;3-2(4,5)1(6)7/h17,19-20,25-26,30-39,48-52,58-61,66-70H,16,18,21-24,27-29,40-47H2,1-15H3,(H,81,96)(H,82,97)(H,83,95)(H,84,91)(H,85,98)(H3,79,80,101);(H,6,7)/t51-,52+,58-,59-,60-,61+,66-,67-,68-,69-,70+;/m0./s1. The molecule has 12 amide bonds. The van der Waals surface area contributed by atoms with Gasteiger partial charge in [-0.2, -0.15) is 13.2 Å². The highest BCUT2D eigenvalue weighted by atomic mass is 19.4. The number of carboxylic acid groups (broad SMARTS) is 1. The molecule has 0 radical (unpaired) electrons. The Labute approximate surface area is 660 Å². The number of halogens is 3. The molecule has 626 valence electrons. The molecule has 3 aromatic rings. The lowest BCUT2D eigenvalue weighted by Crippen LogP contribution is -2.60. The smallest absolute Gasteiger partial charge is 0.475 e. The number of anilines is 2. The molecule has 0 aromatic heterocycles. The zero-order valence-electron chi connectivity index (χ0n) is 67.6. The van der Waals surface area contributed by atoms with Gasteiger partial charge in [-0.3, -0.25) is 57.9 Å². The number of aliphatic carboxylic acids is 1. The number of methoxy groups -OCH3 is 3. The van der Waals surface area contributed by atoms with Crippen LogP contribution in [0.25, 0.3) is 0 Å². The third-order valence-corrected chi connectivity index (χ3v) is 20.2. The highest BCUT2D eigenvalue weighted by Crippen LogP contribution is 2.31. The van der Waals surface area contributed by atoms with Crippen molar-refractivity contribution in [2.24, 2.45) is 35.3 Å². The number of benzene rings is 3. The van der Waals surface area contributed by atoms with Gasteiger partial charge >= 0.3 is 30.2 Å². The lowest BCUT2D eigenvalue weighted by atomic mass is 9.89. The summed E-state index contributed by atoms with van der Waals surface area (Å²) in [5.74, 6) is -8.59. The van der Waals surface area contributed by atoms with Gasteiger partial charge in [-0.1, -0.05) is 130 Å². The first kappa shape index (κ1) is 95.4. The number of unbranched alkanes of at least 4 members (excludes halogenated alkanes) is 2. The van der Waals surface area contributed by atoms with Gasteiger partial charge in [0, 0.05) is 90.9 Å². The Morgan fingerprint density at radius 3 is 1.83 bits per heavy atom. The summed E-state index contributed by atoms with van der Waals surface area (Å²) in [5, 5.41) is 23.9. The fraction of sp³-hybridized carbons (Fsp3) is 0.588. The molecule has 3 aromatic carbocycles. The number of carbonyl (C=O) groups is 13. The third kappa shape index (κ3) is 30.1. The number of nitrogens with one attached hydrogen (secondary N) is 6. The van der Waals surface area contributed by atoms with Gasteiger partial charge in [-0.15, -0.1) is 0 Å². The number of alkyl halides is 3. The highest BCUT2D eigenvalue weighted by molar-refractivity contribution is 6.12. The third-order valence-electron chi connectivity index (χ3n) is 20.2. The number of esters is 1. The highest BCUT2D eigenvalue weighted by Gasteiger charge is 2.45. The van der Waals surface area contributed by atoms with E-state index in [1.165, 1.54) is 38.4 Å². The Bertz CT molecular complexity index is 3660. The van der Waals surface area contributed by atoms with Crippen LogP contribution in [-0.4, -0.2) is 231 Å². The van der Waals surface area contributed by atoms with Gasteiger partial charge in [0.15, 0.2) is 0 Å². The van der Waals surface area contributed by atoms with Crippen LogP contribution in [-0.2, 0) is 91.1 Å². The second kappa shape index (κ2) is 46.9. The van der Waals surface area contributed by atoms with Crippen LogP contribution in [0.15, 0.2) is 91.0 Å². The Balaban J connectivity index is 0.00000366. The molecule has 0 aliphatic carbocycles. The number of ether oxygens (including phenoxy) is 4. The summed E-state index contributed by atoms with van der Waals surface area (Å²) in [7, 11) is 9.46. The second-order valence-corrected chi connectivity index (χ2v) is 29.5. The topological polar surface area (TPSA) is 393 Å². The number of nitrogens with zero attached hydrogens (tertiary/aromatic N) is 5. The van der Waals surface area contributed by atoms with E-state index in [9.17, 15) is 70.7 Å². The number of urea groups is 1. The molecule has 2 heterocycles. The zero-order chi connectivity index (χ0) is 84.6. The number of imide groups is 1. The van der Waals surface area contributed by atoms with Crippen molar-refractivity contribution in [3.63, 3.8) is 0 Å². The van der Waals surface area contributed by atoms with E-state index in [1.807, 2.05) is 96.0 Å². The van der Waals surface area contributed by atoms with Crippen LogP contribution < -0.4 is 42.5 Å². The monoisotopic (exact) mass is 1590 g/mol. The molecule has 9 N–H and O–H groups in total. The quantitative estimate of drug-likeness (QED) is 0.0160. The summed E-state index contributed by atoms with van der Waals surface area (Å²) in [6.45, 7) is 18.1. The lowest BCUT2D eigenvalue weighted by Gasteiger charge is -2.41. The molecule has 1 fully saturated rings. The van der Waals surface area contributed by atoms with E-state index in [4.69, 9.17) is 34.6 Å². The molecule has 5 rings (SSSR count). The Morgan fingerprint density at radius 2 is 1.28 bits per heavy atom. The number of hydrogen-bond donors (Lipinski definition) is 8. The summed E-state index contributed by atoms with van der Waals surface area (Å²) in [5.41, 5.74) is 8.60. The summed E-state index contributed by atoms with van der Waals surface area (Å²) in [6.07, 6.45) is -0.0926. The number of likely N-dealkylation sites (N-methyl/N-ethyl adjacent to an activating group) is 2. The van der Waals surface area contributed by atoms with Crippen molar-refractivity contribution in [1.82, 2.24) is 46.2 Å². The van der Waals surface area contributed by atoms with Crippen LogP contribution in [0.5, 0.6) is 0 Å². The number of carbonyl (C=O) groups excluding carboxylic acids is 12. The van der Waals surface area contributed by atoms with Crippen LogP contribution >= 0.6 is 0 Å². The normalized spacial score (nSPS) is 16.1. The van der Waals surface area contributed by atoms with Crippen molar-refractivity contribution >= 4 is 88.6 Å². The van der Waals surface area contributed by atoms with Crippen LogP contribution in [0.3, 0.4) is 0 Å². The molecular formula is C80H117F3N12O18. The van der Waals surface area contributed by atoms with Crippen molar-refractivity contribution in [3.8, 4) is 0 Å². The number of amides is 12. The van der Waals surface area contributed by atoms with Gasteiger partial charge in [0.2, 0.25) is 41.4 Å². The maximum Gasteiger partial charge on any atom is 0.490 e. The molecule has 2 aliphatic rings. The molecule has 1 saturated heterocycles. The summed E-state index contributed by atoms with van der Waals surface area (Å²) in [4.78, 5) is 176. The average molecular weight is 1590 g/mol. The zero-order valence-corrected chi connectivity index (χ0v) is 67.6. The maximum atomic E-state index is 14.9. The van der Waals surface area contributed by atoms with Gasteiger partial charge in [-0.25, -0.2) is 19.2 Å². The number of rotatable bonds is 43. The molecule has 11 atom stereocenters. The van der Waals surface area contributed by atoms with E-state index in [0.29, 0.717) is 75.0 Å². The molecule has 0 spiro atoms. The minimum absolute atomic E-state index is 0.0696. The first-order chi connectivity index (χ1) is 53.3. The first-order valence-corrected chi connectivity index (χ1v) is 38.2. The molecular weight excluding hydrogens is 1470 g/mol. The van der Waals surface area contributed by atoms with Crippen LogP contribution in [0, 0.1) is 29.6 Å². The first-order valence-electron chi connectivity index (χ1n) is 38.2. The maximum absolute atomic E-state index is 14.9. The van der Waals surface area contributed by atoms with Crippen molar-refractivity contribution in [1.29, 1.82) is 0 Å². The predicted octanol–water partition coefficient (Wildman–Crippen LogP) is 7.05. The summed E-state index contributed by atoms with van der Waals surface area (Å²) < 4.78 is 54.6. The number of carboxylic acids is 1. The minimum atomic E-state index is -5.08. The van der Waals surface area contributed by atoms with Crippen molar-refractivity contribution in [2.45, 2.75) is 207 Å². The second-order valence-electron chi connectivity index (χ2n) is 29.5. The number of hydrogen-bond acceptors (Lipinski definition) is 18. The molecule has 33 heteroatoms. The lowest BCUT2D eigenvalue weighted by molar-refractivity contribution is -0.192. The van der Waals surface area contributed by atoms with E-state index in [2.05, 4.69) is 31.9 Å². The van der Waals surface area contributed by atoms with Gasteiger partial charge in [0.25, 0.3) is 11.8 Å². The Morgan fingerprint density at radius 1 is 0.681 bits per heavy atom. The van der Waals surface area contributed by atoms with Gasteiger partial charge in [0.05, 0.1) is 49.8 Å². The SMILES string of the molecule is CC[C@H](C)[C@@H]([C@@H](CC(=O)N1CCC[C@H]1[C@H](OC)[C@@H](C)C(=O)N[C@@H](Cc1ccccc1)C(=O)OC)OC)N(C)C(=O)[C@@H](NC(=O)[C@H](C(C)C)N(C)CCc1ccc(N(C)C(=O)OCc2ccc(NC(=O)[C@H](CCCNC(N)=O)NC(=O)[C@@H](NC(=O)CCCCCN3C(=O)C=CC3=O)C(C)C)cc2)cc1)C(C)C.O=C(O)C(F)(F)F. The number of nitrogens with two attached hydrogens (primary N) is 1. The molecule has 113 heavy (non-hydrogen) atoms. The fourth-order valence-corrected chi connectivity index (χ4v) is 13.6. The van der Waals surface area contributed by atoms with E-state index < -0.39 is 108 Å². The number of primary amides is 1. The number of likely N-dealkylation sites (tertiary alicyclic amines) is 1. The minimum Gasteiger partial charge on any atom is -0.475 e. The summed E-state index contributed by atoms with van der Waals surface area (Å²) in [6, 6.07) is 17.0. The Kier molecular flexibility index (Phi) is 39.5. The van der Waals surface area contributed by atoms with Crippen molar-refractivity contribution < 1.29 is 99.6 Å². The van der Waals surface area contributed by atoms with Crippen LogP contribution in [0.4, 0.5) is 34.1 Å². The molecule has 30 nitrogen and oxygen atoms in total. The van der Waals surface area contributed by atoms with E-state index in [0.717, 1.165) is 16.0 Å². The van der Waals surface area contributed by atoms with Crippen molar-refractivity contribution in [2.75, 3.05) is 78.9 Å². The Hall–Kier alpha value is -10.0. The van der Waals surface area contributed by atoms with E-state index in [1.54, 1.807) is 81.1 Å². The average Bonchev–Trinajstić information content (AvgIpc) is 1.78. The largest absolute Gasteiger partial charge is 0.490 e. The fourth-order valence-electron chi connectivity index (χ4n) is 13.6. The predicted molar refractivity (Wildman–Crippen MR) is 416 cm³/mol. The molecule has 0 bridgehead atoms.